The molecule has 2 aromatic rings. The van der Waals surface area contributed by atoms with E-state index in [4.69, 9.17) is 19.9 Å². The first kappa shape index (κ1) is 19.6. The van der Waals surface area contributed by atoms with E-state index in [-0.39, 0.29) is 24.3 Å². The minimum atomic E-state index is -0.322. The topological polar surface area (TPSA) is 88.6 Å². The van der Waals surface area contributed by atoms with Crippen molar-refractivity contribution in [3.63, 3.8) is 0 Å². The van der Waals surface area contributed by atoms with Crippen LogP contribution in [0.1, 0.15) is 49.1 Å². The highest BCUT2D eigenvalue weighted by Gasteiger charge is 2.26. The summed E-state index contributed by atoms with van der Waals surface area (Å²) < 4.78 is 18.5. The first-order valence-electron chi connectivity index (χ1n) is 11.1. The summed E-state index contributed by atoms with van der Waals surface area (Å²) in [7, 11) is 0. The molecule has 1 atom stereocenters. The van der Waals surface area contributed by atoms with Crippen LogP contribution >= 0.6 is 0 Å². The van der Waals surface area contributed by atoms with Crippen molar-refractivity contribution < 1.29 is 14.2 Å². The Morgan fingerprint density at radius 3 is 2.87 bits per heavy atom. The Morgan fingerprint density at radius 1 is 1.20 bits per heavy atom. The quantitative estimate of drug-likeness (QED) is 0.832. The predicted octanol–water partition coefficient (Wildman–Crippen LogP) is 2.89. The van der Waals surface area contributed by atoms with E-state index < -0.39 is 0 Å². The van der Waals surface area contributed by atoms with Gasteiger partial charge in [-0.3, -0.25) is 4.57 Å². The molecule has 3 heterocycles. The molecule has 1 saturated heterocycles. The van der Waals surface area contributed by atoms with Gasteiger partial charge in [0, 0.05) is 12.1 Å². The Balaban J connectivity index is 1.45. The number of hydrogen-bond acceptors (Lipinski definition) is 6. The second-order valence-corrected chi connectivity index (χ2v) is 8.49. The number of ether oxygens (including phenoxy) is 3. The molecule has 1 aliphatic carbocycles. The standard InChI is InChI=1S/C23H29N3O4/c24-20-21-19-7-6-16(15-4-2-1-3-5-15)12-17(19)8-9-26(21)23(27)25-22(20)30-14-18-13-28-10-11-29-18/h6-7,12,15,18H,1-5,8-11,13-14,24H2/t18-/m0/s1. The largest absolute Gasteiger partial charge is 0.473 e. The van der Waals surface area contributed by atoms with E-state index in [0.29, 0.717) is 38.0 Å². The highest BCUT2D eigenvalue weighted by Crippen LogP contribution is 2.39. The molecule has 160 valence electrons. The van der Waals surface area contributed by atoms with E-state index in [1.807, 2.05) is 0 Å². The minimum Gasteiger partial charge on any atom is -0.473 e. The number of benzene rings is 1. The van der Waals surface area contributed by atoms with E-state index in [0.717, 1.165) is 17.7 Å². The van der Waals surface area contributed by atoms with Crippen LogP contribution in [0.2, 0.25) is 0 Å². The number of rotatable bonds is 4. The van der Waals surface area contributed by atoms with Crippen molar-refractivity contribution in [3.8, 4) is 17.1 Å². The average molecular weight is 412 g/mol. The highest BCUT2D eigenvalue weighted by molar-refractivity contribution is 5.79. The van der Waals surface area contributed by atoms with Gasteiger partial charge in [0.25, 0.3) is 0 Å². The second kappa shape index (κ2) is 8.40. The fraction of sp³-hybridized carbons (Fsp3) is 0.565. The molecule has 1 saturated carbocycles. The number of aromatic nitrogens is 2. The van der Waals surface area contributed by atoms with E-state index in [2.05, 4.69) is 23.2 Å². The molecule has 2 fully saturated rings. The summed E-state index contributed by atoms with van der Waals surface area (Å²) in [6, 6.07) is 6.66. The van der Waals surface area contributed by atoms with Crippen molar-refractivity contribution >= 4 is 5.69 Å². The van der Waals surface area contributed by atoms with Crippen LogP contribution in [-0.2, 0) is 22.4 Å². The van der Waals surface area contributed by atoms with Gasteiger partial charge in [-0.25, -0.2) is 4.79 Å². The van der Waals surface area contributed by atoms with Gasteiger partial charge >= 0.3 is 5.69 Å². The Hall–Kier alpha value is -2.38. The van der Waals surface area contributed by atoms with Gasteiger partial charge in [-0.15, -0.1) is 0 Å². The van der Waals surface area contributed by atoms with Gasteiger partial charge in [-0.05, 0) is 36.3 Å². The normalized spacial score (nSPS) is 21.7. The van der Waals surface area contributed by atoms with Gasteiger partial charge in [0.05, 0.1) is 25.5 Å². The van der Waals surface area contributed by atoms with Crippen LogP contribution in [0.3, 0.4) is 0 Å². The van der Waals surface area contributed by atoms with Gasteiger partial charge in [0.2, 0.25) is 5.88 Å². The van der Waals surface area contributed by atoms with Crippen molar-refractivity contribution in [2.45, 2.75) is 57.1 Å². The third kappa shape index (κ3) is 3.72. The van der Waals surface area contributed by atoms with E-state index in [9.17, 15) is 4.79 Å². The second-order valence-electron chi connectivity index (χ2n) is 8.49. The molecule has 1 aromatic heterocycles. The lowest BCUT2D eigenvalue weighted by atomic mass is 9.82. The number of anilines is 1. The van der Waals surface area contributed by atoms with Crippen molar-refractivity contribution in [3.05, 3.63) is 39.8 Å². The Kier molecular flexibility index (Phi) is 5.48. The molecule has 0 spiro atoms. The number of nitrogen functional groups attached to an aromatic ring is 1. The average Bonchev–Trinajstić information content (AvgIpc) is 2.80. The molecule has 3 aliphatic rings. The molecule has 0 radical (unpaired) electrons. The van der Waals surface area contributed by atoms with Crippen molar-refractivity contribution in [1.82, 2.24) is 9.55 Å². The maximum Gasteiger partial charge on any atom is 0.351 e. The Labute approximate surface area is 176 Å². The number of hydrogen-bond donors (Lipinski definition) is 1. The number of aryl methyl sites for hydroxylation is 1. The van der Waals surface area contributed by atoms with E-state index >= 15 is 0 Å². The summed E-state index contributed by atoms with van der Waals surface area (Å²) in [5.74, 6) is 0.837. The number of fused-ring (bicyclic) bond motifs is 3. The SMILES string of the molecule is Nc1c(OC[C@@H]2COCCO2)nc(=O)n2c1-c1ccc(C3CCCCC3)cc1CC2. The van der Waals surface area contributed by atoms with Gasteiger partial charge in [-0.2, -0.15) is 4.98 Å². The fourth-order valence-corrected chi connectivity index (χ4v) is 4.94. The van der Waals surface area contributed by atoms with Crippen LogP contribution in [0.15, 0.2) is 23.0 Å². The molecule has 0 amide bonds. The zero-order valence-corrected chi connectivity index (χ0v) is 17.3. The number of nitrogens with zero attached hydrogens (tertiary/aromatic N) is 2. The summed E-state index contributed by atoms with van der Waals surface area (Å²) in [5.41, 5.74) is 11.0. The zero-order valence-electron chi connectivity index (χ0n) is 17.3. The number of nitrogens with two attached hydrogens (primary N) is 1. The third-order valence-electron chi connectivity index (χ3n) is 6.54. The molecule has 5 rings (SSSR count). The molecule has 0 unspecified atom stereocenters. The van der Waals surface area contributed by atoms with Crippen LogP contribution in [-0.4, -0.2) is 42.1 Å². The molecule has 1 aromatic carbocycles. The maximum atomic E-state index is 12.7. The third-order valence-corrected chi connectivity index (χ3v) is 6.54. The first-order valence-corrected chi connectivity index (χ1v) is 11.1. The summed E-state index contributed by atoms with van der Waals surface area (Å²) in [5, 5.41) is 0. The van der Waals surface area contributed by atoms with Crippen LogP contribution in [0.4, 0.5) is 5.69 Å². The molecule has 30 heavy (non-hydrogen) atoms. The Bertz CT molecular complexity index is 975. The van der Waals surface area contributed by atoms with Gasteiger partial charge in [0.1, 0.15) is 18.4 Å². The molecule has 2 N–H and O–H groups in total. The van der Waals surface area contributed by atoms with Crippen molar-refractivity contribution in [1.29, 1.82) is 0 Å². The monoisotopic (exact) mass is 411 g/mol. The van der Waals surface area contributed by atoms with Crippen LogP contribution in [0.25, 0.3) is 11.3 Å². The van der Waals surface area contributed by atoms with Crippen LogP contribution < -0.4 is 16.2 Å². The lowest BCUT2D eigenvalue weighted by Gasteiger charge is -2.27. The molecular weight excluding hydrogens is 382 g/mol. The molecular formula is C23H29N3O4. The summed E-state index contributed by atoms with van der Waals surface area (Å²) in [6.45, 7) is 2.45. The zero-order chi connectivity index (χ0) is 20.5. The van der Waals surface area contributed by atoms with Gasteiger partial charge in [-0.1, -0.05) is 37.5 Å². The smallest absolute Gasteiger partial charge is 0.351 e. The van der Waals surface area contributed by atoms with Crippen molar-refractivity contribution in [2.75, 3.05) is 32.2 Å². The summed E-state index contributed by atoms with van der Waals surface area (Å²) >= 11 is 0. The lowest BCUT2D eigenvalue weighted by molar-refractivity contribution is -0.101. The first-order chi connectivity index (χ1) is 14.7. The highest BCUT2D eigenvalue weighted by atomic mass is 16.6. The molecule has 0 bridgehead atoms. The van der Waals surface area contributed by atoms with Crippen LogP contribution in [0.5, 0.6) is 5.88 Å². The fourth-order valence-electron chi connectivity index (χ4n) is 4.94. The summed E-state index contributed by atoms with van der Waals surface area (Å²) in [6.07, 6.45) is 7.16. The van der Waals surface area contributed by atoms with E-state index in [1.54, 1.807) is 4.57 Å². The molecule has 2 aliphatic heterocycles. The lowest BCUT2D eigenvalue weighted by Crippen LogP contribution is -2.35. The molecule has 7 heteroatoms. The predicted molar refractivity (Wildman–Crippen MR) is 114 cm³/mol. The van der Waals surface area contributed by atoms with E-state index in [1.165, 1.54) is 43.2 Å². The summed E-state index contributed by atoms with van der Waals surface area (Å²) in [4.78, 5) is 16.8. The Morgan fingerprint density at radius 2 is 2.07 bits per heavy atom. The van der Waals surface area contributed by atoms with Crippen LogP contribution in [0, 0.1) is 0 Å². The van der Waals surface area contributed by atoms with Gasteiger partial charge in [0.15, 0.2) is 0 Å². The van der Waals surface area contributed by atoms with Crippen molar-refractivity contribution in [2.24, 2.45) is 0 Å². The van der Waals surface area contributed by atoms with Gasteiger partial charge < -0.3 is 19.9 Å². The maximum absolute atomic E-state index is 12.7. The minimum absolute atomic E-state index is 0.177. The molecule has 7 nitrogen and oxygen atoms in total.